The average molecular weight is 407 g/mol. The number of benzene rings is 2. The zero-order chi connectivity index (χ0) is 18.7. The van der Waals surface area contributed by atoms with Crippen molar-refractivity contribution in [2.45, 2.75) is 17.3 Å². The minimum Gasteiger partial charge on any atom is -0.324 e. The second kappa shape index (κ2) is 8.12. The molecule has 1 N–H and O–H groups in total. The standard InChI is InChI=1S/C18H16Cl2N4OS/c1-11(17(25)21-15-6-4-3-5-14(15)20)26-18-23-22-16(24(18)2)12-7-9-13(19)10-8-12/h3-11H,1-2H3,(H,21,25)/t11-/m1/s1. The third-order valence-electron chi connectivity index (χ3n) is 3.72. The summed E-state index contributed by atoms with van der Waals surface area (Å²) in [6, 6.07) is 14.5. The highest BCUT2D eigenvalue weighted by molar-refractivity contribution is 8.00. The van der Waals surface area contributed by atoms with Crippen LogP contribution in [0.1, 0.15) is 6.92 Å². The van der Waals surface area contributed by atoms with Crippen molar-refractivity contribution >= 4 is 46.6 Å². The fourth-order valence-electron chi connectivity index (χ4n) is 2.28. The maximum absolute atomic E-state index is 12.4. The number of aromatic nitrogens is 3. The van der Waals surface area contributed by atoms with E-state index in [1.807, 2.05) is 42.8 Å². The van der Waals surface area contributed by atoms with Gasteiger partial charge in [-0.25, -0.2) is 0 Å². The lowest BCUT2D eigenvalue weighted by Gasteiger charge is -2.12. The molecule has 0 bridgehead atoms. The fraction of sp³-hybridized carbons (Fsp3) is 0.167. The van der Waals surface area contributed by atoms with Crippen LogP contribution in [0.2, 0.25) is 10.0 Å². The van der Waals surface area contributed by atoms with Crippen molar-refractivity contribution in [2.24, 2.45) is 7.05 Å². The van der Waals surface area contributed by atoms with Gasteiger partial charge < -0.3 is 9.88 Å². The topological polar surface area (TPSA) is 59.8 Å². The van der Waals surface area contributed by atoms with Crippen molar-refractivity contribution in [2.75, 3.05) is 5.32 Å². The van der Waals surface area contributed by atoms with Gasteiger partial charge in [0, 0.05) is 17.6 Å². The fourth-order valence-corrected chi connectivity index (χ4v) is 3.40. The number of carbonyl (C=O) groups is 1. The van der Waals surface area contributed by atoms with Crippen molar-refractivity contribution < 1.29 is 4.79 Å². The first-order valence-corrected chi connectivity index (χ1v) is 9.46. The quantitative estimate of drug-likeness (QED) is 0.611. The molecule has 0 aliphatic heterocycles. The highest BCUT2D eigenvalue weighted by Crippen LogP contribution is 2.28. The van der Waals surface area contributed by atoms with Crippen LogP contribution in [0.4, 0.5) is 5.69 Å². The van der Waals surface area contributed by atoms with E-state index in [-0.39, 0.29) is 11.2 Å². The lowest BCUT2D eigenvalue weighted by atomic mass is 10.2. The summed E-state index contributed by atoms with van der Waals surface area (Å²) in [4.78, 5) is 12.4. The largest absolute Gasteiger partial charge is 0.324 e. The molecule has 0 saturated heterocycles. The number of para-hydroxylation sites is 1. The number of rotatable bonds is 5. The Morgan fingerprint density at radius 2 is 1.81 bits per heavy atom. The molecule has 0 aliphatic rings. The van der Waals surface area contributed by atoms with E-state index >= 15 is 0 Å². The summed E-state index contributed by atoms with van der Waals surface area (Å²) >= 11 is 13.3. The number of nitrogens with zero attached hydrogens (tertiary/aromatic N) is 3. The van der Waals surface area contributed by atoms with Gasteiger partial charge >= 0.3 is 0 Å². The van der Waals surface area contributed by atoms with Gasteiger partial charge in [-0.05, 0) is 43.3 Å². The molecule has 1 atom stereocenters. The summed E-state index contributed by atoms with van der Waals surface area (Å²) in [5.41, 5.74) is 1.50. The summed E-state index contributed by atoms with van der Waals surface area (Å²) < 4.78 is 1.85. The average Bonchev–Trinajstić information content (AvgIpc) is 2.98. The first-order chi connectivity index (χ1) is 12.5. The Bertz CT molecular complexity index is 927. The van der Waals surface area contributed by atoms with E-state index in [0.717, 1.165) is 5.56 Å². The molecule has 1 aromatic heterocycles. The number of nitrogens with one attached hydrogen (secondary N) is 1. The molecule has 3 aromatic rings. The molecule has 1 heterocycles. The van der Waals surface area contributed by atoms with Crippen molar-refractivity contribution in [3.05, 3.63) is 58.6 Å². The van der Waals surface area contributed by atoms with E-state index in [0.29, 0.717) is 26.7 Å². The van der Waals surface area contributed by atoms with E-state index in [9.17, 15) is 4.79 Å². The lowest BCUT2D eigenvalue weighted by Crippen LogP contribution is -2.23. The van der Waals surface area contributed by atoms with Crippen LogP contribution < -0.4 is 5.32 Å². The van der Waals surface area contributed by atoms with E-state index in [1.54, 1.807) is 24.3 Å². The Morgan fingerprint density at radius 3 is 2.50 bits per heavy atom. The Labute approximate surface area is 165 Å². The lowest BCUT2D eigenvalue weighted by molar-refractivity contribution is -0.115. The minimum absolute atomic E-state index is 0.154. The van der Waals surface area contributed by atoms with Crippen molar-refractivity contribution in [3.63, 3.8) is 0 Å². The van der Waals surface area contributed by atoms with Gasteiger partial charge in [0.15, 0.2) is 11.0 Å². The molecule has 2 aromatic carbocycles. The Kier molecular flexibility index (Phi) is 5.86. The summed E-state index contributed by atoms with van der Waals surface area (Å²) in [7, 11) is 1.87. The van der Waals surface area contributed by atoms with Crippen LogP contribution >= 0.6 is 35.0 Å². The smallest absolute Gasteiger partial charge is 0.237 e. The van der Waals surface area contributed by atoms with E-state index in [4.69, 9.17) is 23.2 Å². The van der Waals surface area contributed by atoms with Gasteiger partial charge in [0.25, 0.3) is 0 Å². The van der Waals surface area contributed by atoms with Gasteiger partial charge in [0.2, 0.25) is 5.91 Å². The first-order valence-electron chi connectivity index (χ1n) is 7.83. The van der Waals surface area contributed by atoms with Gasteiger partial charge in [0.1, 0.15) is 0 Å². The van der Waals surface area contributed by atoms with Gasteiger partial charge in [-0.15, -0.1) is 10.2 Å². The SMILES string of the molecule is C[C@@H](Sc1nnc(-c2ccc(Cl)cc2)n1C)C(=O)Nc1ccccc1Cl. The van der Waals surface area contributed by atoms with Crippen molar-refractivity contribution in [1.29, 1.82) is 0 Å². The Hall–Kier alpha value is -2.02. The molecule has 134 valence electrons. The minimum atomic E-state index is -0.368. The molecule has 3 rings (SSSR count). The van der Waals surface area contributed by atoms with Crippen LogP contribution in [0.25, 0.3) is 11.4 Å². The van der Waals surface area contributed by atoms with Gasteiger partial charge in [-0.2, -0.15) is 0 Å². The highest BCUT2D eigenvalue weighted by Gasteiger charge is 2.20. The van der Waals surface area contributed by atoms with Crippen LogP contribution in [0, 0.1) is 0 Å². The molecule has 0 radical (unpaired) electrons. The van der Waals surface area contributed by atoms with Crippen molar-refractivity contribution in [1.82, 2.24) is 14.8 Å². The third kappa shape index (κ3) is 4.20. The second-order valence-electron chi connectivity index (χ2n) is 5.60. The number of halogens is 2. The molecular weight excluding hydrogens is 391 g/mol. The molecule has 8 heteroatoms. The van der Waals surface area contributed by atoms with Crippen LogP contribution in [0.15, 0.2) is 53.7 Å². The molecular formula is C18H16Cl2N4OS. The molecule has 5 nitrogen and oxygen atoms in total. The molecule has 0 spiro atoms. The van der Waals surface area contributed by atoms with Crippen LogP contribution in [0.3, 0.4) is 0 Å². The predicted molar refractivity (Wildman–Crippen MR) is 107 cm³/mol. The number of hydrogen-bond donors (Lipinski definition) is 1. The number of amides is 1. The number of anilines is 1. The van der Waals surface area contributed by atoms with Gasteiger partial charge in [-0.1, -0.05) is 47.1 Å². The van der Waals surface area contributed by atoms with Crippen molar-refractivity contribution in [3.8, 4) is 11.4 Å². The van der Waals surface area contributed by atoms with E-state index in [1.165, 1.54) is 11.8 Å². The highest BCUT2D eigenvalue weighted by atomic mass is 35.5. The van der Waals surface area contributed by atoms with E-state index < -0.39 is 0 Å². The van der Waals surface area contributed by atoms with Crippen LogP contribution in [0.5, 0.6) is 0 Å². The van der Waals surface area contributed by atoms with E-state index in [2.05, 4.69) is 15.5 Å². The Morgan fingerprint density at radius 1 is 1.12 bits per heavy atom. The van der Waals surface area contributed by atoms with Crippen LogP contribution in [-0.2, 0) is 11.8 Å². The normalized spacial score (nSPS) is 12.0. The predicted octanol–water partition coefficient (Wildman–Crippen LogP) is 4.91. The third-order valence-corrected chi connectivity index (χ3v) is 5.44. The summed E-state index contributed by atoms with van der Waals surface area (Å²) in [6.45, 7) is 1.81. The molecule has 0 saturated carbocycles. The zero-order valence-electron chi connectivity index (χ0n) is 14.1. The maximum atomic E-state index is 12.4. The number of thioether (sulfide) groups is 1. The second-order valence-corrected chi connectivity index (χ2v) is 7.75. The summed E-state index contributed by atoms with van der Waals surface area (Å²) in [5.74, 6) is 0.557. The molecule has 0 aliphatic carbocycles. The Balaban J connectivity index is 1.71. The molecule has 0 unspecified atom stereocenters. The monoisotopic (exact) mass is 406 g/mol. The maximum Gasteiger partial charge on any atom is 0.237 e. The number of hydrogen-bond acceptors (Lipinski definition) is 4. The first kappa shape index (κ1) is 18.8. The van der Waals surface area contributed by atoms with Crippen LogP contribution in [-0.4, -0.2) is 25.9 Å². The van der Waals surface area contributed by atoms with Gasteiger partial charge in [0.05, 0.1) is 16.0 Å². The molecule has 1 amide bonds. The zero-order valence-corrected chi connectivity index (χ0v) is 16.4. The molecule has 0 fully saturated rings. The van der Waals surface area contributed by atoms with Gasteiger partial charge in [-0.3, -0.25) is 4.79 Å². The molecule has 26 heavy (non-hydrogen) atoms. The summed E-state index contributed by atoms with van der Waals surface area (Å²) in [6.07, 6.45) is 0. The summed E-state index contributed by atoms with van der Waals surface area (Å²) in [5, 5.41) is 12.7. The number of carbonyl (C=O) groups excluding carboxylic acids is 1.